The van der Waals surface area contributed by atoms with Crippen molar-refractivity contribution in [3.8, 4) is 0 Å². The molecule has 0 aliphatic carbocycles. The number of hydrogen-bond acceptors (Lipinski definition) is 4. The van der Waals surface area contributed by atoms with E-state index in [0.29, 0.717) is 16.4 Å². The average Bonchev–Trinajstić information content (AvgIpc) is 2.40. The Bertz CT molecular complexity index is 785. The molecule has 0 bridgehead atoms. The van der Waals surface area contributed by atoms with Gasteiger partial charge in [-0.25, -0.2) is 13.2 Å². The lowest BCUT2D eigenvalue weighted by Crippen LogP contribution is -2.03. The quantitative estimate of drug-likeness (QED) is 0.902. The minimum Gasteiger partial charge on any atom is -0.478 e. The Labute approximate surface area is 127 Å². The Balaban J connectivity index is 2.33. The molecule has 2 aromatic rings. The van der Waals surface area contributed by atoms with E-state index in [-0.39, 0.29) is 10.5 Å². The summed E-state index contributed by atoms with van der Waals surface area (Å²) in [5.41, 5.74) is 0.987. The van der Waals surface area contributed by atoms with Gasteiger partial charge in [0.15, 0.2) is 9.84 Å². The second-order valence-electron chi connectivity index (χ2n) is 4.42. The van der Waals surface area contributed by atoms with Crippen LogP contribution in [0, 0.1) is 0 Å². The molecule has 0 aliphatic rings. The number of anilines is 2. The largest absolute Gasteiger partial charge is 0.478 e. The molecule has 0 heterocycles. The first-order chi connectivity index (χ1) is 9.77. The molecule has 110 valence electrons. The maximum Gasteiger partial charge on any atom is 0.337 e. The summed E-state index contributed by atoms with van der Waals surface area (Å²) in [6.45, 7) is 0. The topological polar surface area (TPSA) is 83.5 Å². The van der Waals surface area contributed by atoms with E-state index in [0.717, 1.165) is 6.26 Å². The number of carboxylic acids is 1. The van der Waals surface area contributed by atoms with E-state index in [1.165, 1.54) is 18.2 Å². The number of nitrogens with one attached hydrogen (secondary N) is 1. The molecule has 0 saturated carbocycles. The summed E-state index contributed by atoms with van der Waals surface area (Å²) < 4.78 is 22.7. The number of carbonyl (C=O) groups is 1. The fourth-order valence-electron chi connectivity index (χ4n) is 1.74. The first-order valence-corrected chi connectivity index (χ1v) is 8.14. The van der Waals surface area contributed by atoms with E-state index in [9.17, 15) is 13.2 Å². The molecule has 21 heavy (non-hydrogen) atoms. The minimum absolute atomic E-state index is 0.0367. The second kappa shape index (κ2) is 5.75. The van der Waals surface area contributed by atoms with Crippen LogP contribution < -0.4 is 5.32 Å². The number of halogens is 1. The van der Waals surface area contributed by atoms with Crippen molar-refractivity contribution in [1.82, 2.24) is 0 Å². The molecule has 7 heteroatoms. The Kier molecular flexibility index (Phi) is 4.20. The first kappa shape index (κ1) is 15.3. The van der Waals surface area contributed by atoms with E-state index in [1.807, 2.05) is 0 Å². The molecule has 2 rings (SSSR count). The van der Waals surface area contributed by atoms with Crippen molar-refractivity contribution in [1.29, 1.82) is 0 Å². The van der Waals surface area contributed by atoms with Gasteiger partial charge in [0.1, 0.15) is 0 Å². The van der Waals surface area contributed by atoms with Gasteiger partial charge in [-0.1, -0.05) is 11.6 Å². The summed E-state index contributed by atoms with van der Waals surface area (Å²) in [5, 5.41) is 12.4. The van der Waals surface area contributed by atoms with Crippen molar-refractivity contribution in [3.05, 3.63) is 53.1 Å². The van der Waals surface area contributed by atoms with Gasteiger partial charge in [0.25, 0.3) is 0 Å². The van der Waals surface area contributed by atoms with Crippen molar-refractivity contribution in [2.24, 2.45) is 0 Å². The smallest absolute Gasteiger partial charge is 0.337 e. The number of carboxylic acid groups (broad SMARTS) is 1. The van der Waals surface area contributed by atoms with Crippen LogP contribution in [0.25, 0.3) is 0 Å². The molecule has 0 atom stereocenters. The normalized spacial score (nSPS) is 11.1. The summed E-state index contributed by atoms with van der Waals surface area (Å²) in [5.74, 6) is -1.10. The summed E-state index contributed by atoms with van der Waals surface area (Å²) in [4.78, 5) is 11.4. The lowest BCUT2D eigenvalue weighted by Gasteiger charge is -2.10. The SMILES string of the molecule is CS(=O)(=O)c1ccc(Nc2ccc(Cl)cc2C(=O)O)cc1. The number of hydrogen-bond donors (Lipinski definition) is 2. The van der Waals surface area contributed by atoms with E-state index < -0.39 is 15.8 Å². The van der Waals surface area contributed by atoms with Gasteiger partial charge in [0.05, 0.1) is 16.1 Å². The van der Waals surface area contributed by atoms with Crippen LogP contribution in [0.5, 0.6) is 0 Å². The standard InChI is InChI=1S/C14H12ClNO4S/c1-21(19,20)11-5-3-10(4-6-11)16-13-7-2-9(15)8-12(13)14(17)18/h2-8,16H,1H3,(H,17,18). The summed E-state index contributed by atoms with van der Waals surface area (Å²) in [7, 11) is -3.26. The van der Waals surface area contributed by atoms with Gasteiger partial charge in [-0.05, 0) is 42.5 Å². The predicted octanol–water partition coefficient (Wildman–Crippen LogP) is 3.19. The van der Waals surface area contributed by atoms with E-state index in [4.69, 9.17) is 16.7 Å². The number of sulfone groups is 1. The Morgan fingerprint density at radius 2 is 1.76 bits per heavy atom. The summed E-state index contributed by atoms with van der Waals surface area (Å²) >= 11 is 5.78. The lowest BCUT2D eigenvalue weighted by molar-refractivity contribution is 0.0698. The van der Waals surface area contributed by atoms with Crippen LogP contribution in [0.4, 0.5) is 11.4 Å². The predicted molar refractivity (Wildman–Crippen MR) is 81.2 cm³/mol. The summed E-state index contributed by atoms with van der Waals surface area (Å²) in [6, 6.07) is 10.5. The van der Waals surface area contributed by atoms with Crippen LogP contribution in [0.15, 0.2) is 47.4 Å². The highest BCUT2D eigenvalue weighted by Crippen LogP contribution is 2.25. The Hall–Kier alpha value is -2.05. The molecule has 0 aliphatic heterocycles. The molecule has 2 N–H and O–H groups in total. The molecule has 0 fully saturated rings. The van der Waals surface area contributed by atoms with Crippen LogP contribution >= 0.6 is 11.6 Å². The monoisotopic (exact) mass is 325 g/mol. The maximum absolute atomic E-state index is 11.4. The first-order valence-electron chi connectivity index (χ1n) is 5.87. The number of rotatable bonds is 4. The molecule has 0 aromatic heterocycles. The zero-order valence-corrected chi connectivity index (χ0v) is 12.6. The van der Waals surface area contributed by atoms with Crippen molar-refractivity contribution in [2.45, 2.75) is 4.90 Å². The molecule has 2 aromatic carbocycles. The fourth-order valence-corrected chi connectivity index (χ4v) is 2.55. The molecule has 0 amide bonds. The van der Waals surface area contributed by atoms with Gasteiger partial charge in [0, 0.05) is 17.0 Å². The van der Waals surface area contributed by atoms with Gasteiger partial charge in [-0.15, -0.1) is 0 Å². The van der Waals surface area contributed by atoms with Crippen molar-refractivity contribution >= 4 is 38.8 Å². The molecular formula is C14H12ClNO4S. The molecular weight excluding hydrogens is 314 g/mol. The zero-order chi connectivity index (χ0) is 15.6. The van der Waals surface area contributed by atoms with Gasteiger partial charge in [0.2, 0.25) is 0 Å². The highest BCUT2D eigenvalue weighted by molar-refractivity contribution is 7.90. The van der Waals surface area contributed by atoms with Gasteiger partial charge in [-0.3, -0.25) is 0 Å². The van der Waals surface area contributed by atoms with Crippen LogP contribution in [0.3, 0.4) is 0 Å². The second-order valence-corrected chi connectivity index (χ2v) is 6.87. The zero-order valence-electron chi connectivity index (χ0n) is 11.0. The highest BCUT2D eigenvalue weighted by atomic mass is 35.5. The van der Waals surface area contributed by atoms with Crippen molar-refractivity contribution in [2.75, 3.05) is 11.6 Å². The minimum atomic E-state index is -3.26. The maximum atomic E-state index is 11.4. The van der Waals surface area contributed by atoms with Crippen molar-refractivity contribution in [3.63, 3.8) is 0 Å². The van der Waals surface area contributed by atoms with Crippen LogP contribution in [0.1, 0.15) is 10.4 Å². The molecule has 0 spiro atoms. The fraction of sp³-hybridized carbons (Fsp3) is 0.0714. The van der Waals surface area contributed by atoms with E-state index >= 15 is 0 Å². The summed E-state index contributed by atoms with van der Waals surface area (Å²) in [6.07, 6.45) is 1.12. The van der Waals surface area contributed by atoms with Gasteiger partial charge >= 0.3 is 5.97 Å². The number of aromatic carboxylic acids is 1. The molecule has 0 radical (unpaired) electrons. The van der Waals surface area contributed by atoms with Crippen LogP contribution in [-0.2, 0) is 9.84 Å². The average molecular weight is 326 g/mol. The van der Waals surface area contributed by atoms with Crippen molar-refractivity contribution < 1.29 is 18.3 Å². The van der Waals surface area contributed by atoms with Crippen LogP contribution in [-0.4, -0.2) is 25.7 Å². The third kappa shape index (κ3) is 3.74. The van der Waals surface area contributed by atoms with E-state index in [2.05, 4.69) is 5.32 Å². The lowest BCUT2D eigenvalue weighted by atomic mass is 10.1. The molecule has 5 nitrogen and oxygen atoms in total. The third-order valence-electron chi connectivity index (χ3n) is 2.77. The van der Waals surface area contributed by atoms with Gasteiger partial charge in [-0.2, -0.15) is 0 Å². The van der Waals surface area contributed by atoms with E-state index in [1.54, 1.807) is 24.3 Å². The Morgan fingerprint density at radius 3 is 2.29 bits per heavy atom. The molecule has 0 unspecified atom stereocenters. The van der Waals surface area contributed by atoms with Gasteiger partial charge < -0.3 is 10.4 Å². The number of benzene rings is 2. The van der Waals surface area contributed by atoms with Crippen LogP contribution in [0.2, 0.25) is 5.02 Å². The molecule has 0 saturated heterocycles. The third-order valence-corrected chi connectivity index (χ3v) is 4.14. The Morgan fingerprint density at radius 1 is 1.14 bits per heavy atom. The highest BCUT2D eigenvalue weighted by Gasteiger charge is 2.11.